The third kappa shape index (κ3) is 2.40. The van der Waals surface area contributed by atoms with Crippen LogP contribution in [0.4, 0.5) is 0 Å². The summed E-state index contributed by atoms with van der Waals surface area (Å²) in [4.78, 5) is 22.1. The van der Waals surface area contributed by atoms with Crippen molar-refractivity contribution in [3.8, 4) is 11.1 Å². The maximum Gasteiger partial charge on any atom is 0.307 e. The molecule has 92 valence electrons. The molecule has 0 radical (unpaired) electrons. The quantitative estimate of drug-likeness (QED) is 0.800. The number of aromatic nitrogens is 1. The van der Waals surface area contributed by atoms with E-state index in [1.807, 2.05) is 0 Å². The van der Waals surface area contributed by atoms with E-state index in [0.29, 0.717) is 21.4 Å². The Morgan fingerprint density at radius 1 is 1.22 bits per heavy atom. The number of carboxylic acid groups (broad SMARTS) is 1. The number of aliphatic carboxylic acids is 1. The van der Waals surface area contributed by atoms with Gasteiger partial charge in [0.25, 0.3) is 5.56 Å². The first-order valence-corrected chi connectivity index (χ1v) is 5.30. The fourth-order valence-electron chi connectivity index (χ4n) is 1.76. The van der Waals surface area contributed by atoms with Crippen LogP contribution in [0.3, 0.4) is 0 Å². The van der Waals surface area contributed by atoms with Gasteiger partial charge in [0.15, 0.2) is 0 Å². The minimum Gasteiger partial charge on any atom is -0.481 e. The SMILES string of the molecule is O=C(O)Cc1ccccc1-c1ccn(O)c(=O)c1. The van der Waals surface area contributed by atoms with E-state index in [0.717, 1.165) is 0 Å². The summed E-state index contributed by atoms with van der Waals surface area (Å²) in [6.45, 7) is 0. The van der Waals surface area contributed by atoms with E-state index in [2.05, 4.69) is 0 Å². The number of rotatable bonds is 3. The largest absolute Gasteiger partial charge is 0.481 e. The summed E-state index contributed by atoms with van der Waals surface area (Å²) in [6.07, 6.45) is 1.12. The van der Waals surface area contributed by atoms with Crippen molar-refractivity contribution in [3.05, 3.63) is 58.5 Å². The van der Waals surface area contributed by atoms with Gasteiger partial charge in [-0.15, -0.1) is 0 Å². The first kappa shape index (κ1) is 11.9. The van der Waals surface area contributed by atoms with Crippen LogP contribution in [0.15, 0.2) is 47.4 Å². The van der Waals surface area contributed by atoms with E-state index < -0.39 is 11.5 Å². The van der Waals surface area contributed by atoms with Crippen LogP contribution in [0.1, 0.15) is 5.56 Å². The van der Waals surface area contributed by atoms with Gasteiger partial charge in [0.1, 0.15) is 0 Å². The zero-order chi connectivity index (χ0) is 13.1. The highest BCUT2D eigenvalue weighted by atomic mass is 16.5. The summed E-state index contributed by atoms with van der Waals surface area (Å²) in [5, 5.41) is 17.9. The van der Waals surface area contributed by atoms with Crippen LogP contribution in [0.25, 0.3) is 11.1 Å². The molecular weight excluding hydrogens is 234 g/mol. The van der Waals surface area contributed by atoms with Crippen molar-refractivity contribution >= 4 is 5.97 Å². The standard InChI is InChI=1S/C13H11NO4/c15-12-7-10(5-6-14(12)18)11-4-2-1-3-9(11)8-13(16)17/h1-7,18H,8H2,(H,16,17). The second kappa shape index (κ2) is 4.75. The molecule has 0 saturated carbocycles. The molecule has 0 bridgehead atoms. The molecule has 18 heavy (non-hydrogen) atoms. The van der Waals surface area contributed by atoms with E-state index in [9.17, 15) is 9.59 Å². The summed E-state index contributed by atoms with van der Waals surface area (Å²) in [5.41, 5.74) is 1.33. The fraction of sp³-hybridized carbons (Fsp3) is 0.0769. The van der Waals surface area contributed by atoms with Crippen LogP contribution < -0.4 is 5.56 Å². The number of carbonyl (C=O) groups is 1. The first-order valence-electron chi connectivity index (χ1n) is 5.30. The minimum absolute atomic E-state index is 0.113. The van der Waals surface area contributed by atoms with E-state index >= 15 is 0 Å². The van der Waals surface area contributed by atoms with E-state index in [-0.39, 0.29) is 6.42 Å². The smallest absolute Gasteiger partial charge is 0.307 e. The predicted octanol–water partition coefficient (Wildman–Crippen LogP) is 1.38. The number of nitrogens with zero attached hydrogens (tertiary/aromatic N) is 1. The average Bonchev–Trinajstić information content (AvgIpc) is 2.33. The molecule has 0 aliphatic rings. The number of pyridine rings is 1. The molecule has 1 aromatic heterocycles. The average molecular weight is 245 g/mol. The van der Waals surface area contributed by atoms with Crippen molar-refractivity contribution in [3.63, 3.8) is 0 Å². The number of hydrogen-bond donors (Lipinski definition) is 2. The molecule has 2 N–H and O–H groups in total. The highest BCUT2D eigenvalue weighted by Gasteiger charge is 2.08. The lowest BCUT2D eigenvalue weighted by atomic mass is 9.98. The molecule has 1 heterocycles. The Balaban J connectivity index is 2.52. The van der Waals surface area contributed by atoms with Gasteiger partial charge in [0, 0.05) is 12.3 Å². The van der Waals surface area contributed by atoms with Gasteiger partial charge in [0.05, 0.1) is 6.42 Å². The van der Waals surface area contributed by atoms with Crippen molar-refractivity contribution in [2.24, 2.45) is 0 Å². The molecule has 2 aromatic rings. The fourth-order valence-corrected chi connectivity index (χ4v) is 1.76. The van der Waals surface area contributed by atoms with Crippen molar-refractivity contribution in [1.29, 1.82) is 0 Å². The molecule has 0 aliphatic carbocycles. The molecule has 0 unspecified atom stereocenters. The molecule has 5 nitrogen and oxygen atoms in total. The topological polar surface area (TPSA) is 79.5 Å². The van der Waals surface area contributed by atoms with Crippen molar-refractivity contribution in [2.45, 2.75) is 6.42 Å². The minimum atomic E-state index is -0.932. The van der Waals surface area contributed by atoms with Crippen molar-refractivity contribution < 1.29 is 15.1 Å². The van der Waals surface area contributed by atoms with Crippen LogP contribution in [0, 0.1) is 0 Å². The number of carboxylic acids is 1. The van der Waals surface area contributed by atoms with E-state index in [1.54, 1.807) is 30.3 Å². The molecule has 0 amide bonds. The normalized spacial score (nSPS) is 10.2. The number of hydrogen-bond acceptors (Lipinski definition) is 3. The molecular formula is C13H11NO4. The van der Waals surface area contributed by atoms with Crippen molar-refractivity contribution in [2.75, 3.05) is 0 Å². The molecule has 1 aromatic carbocycles. The maximum absolute atomic E-state index is 11.3. The second-order valence-electron chi connectivity index (χ2n) is 3.83. The Morgan fingerprint density at radius 3 is 2.61 bits per heavy atom. The maximum atomic E-state index is 11.3. The van der Waals surface area contributed by atoms with E-state index in [1.165, 1.54) is 12.3 Å². The summed E-state index contributed by atoms with van der Waals surface area (Å²) in [5.74, 6) is -0.932. The summed E-state index contributed by atoms with van der Waals surface area (Å²) in [7, 11) is 0. The number of benzene rings is 1. The van der Waals surface area contributed by atoms with Gasteiger partial charge >= 0.3 is 5.97 Å². The monoisotopic (exact) mass is 245 g/mol. The van der Waals surface area contributed by atoms with Crippen LogP contribution in [0.2, 0.25) is 0 Å². The molecule has 5 heteroatoms. The molecule has 0 atom stereocenters. The first-order chi connectivity index (χ1) is 8.58. The van der Waals surface area contributed by atoms with Gasteiger partial charge in [-0.05, 0) is 22.8 Å². The van der Waals surface area contributed by atoms with Gasteiger partial charge in [-0.1, -0.05) is 24.3 Å². The predicted molar refractivity (Wildman–Crippen MR) is 64.7 cm³/mol. The zero-order valence-electron chi connectivity index (χ0n) is 9.41. The lowest BCUT2D eigenvalue weighted by Gasteiger charge is -2.07. The van der Waals surface area contributed by atoms with Gasteiger partial charge in [-0.2, -0.15) is 4.73 Å². The van der Waals surface area contributed by atoms with Crippen molar-refractivity contribution in [1.82, 2.24) is 4.73 Å². The van der Waals surface area contributed by atoms with Gasteiger partial charge < -0.3 is 10.3 Å². The van der Waals surface area contributed by atoms with E-state index in [4.69, 9.17) is 10.3 Å². The Kier molecular flexibility index (Phi) is 3.14. The molecule has 0 fully saturated rings. The lowest BCUT2D eigenvalue weighted by Crippen LogP contribution is -2.15. The highest BCUT2D eigenvalue weighted by molar-refractivity contribution is 5.76. The van der Waals surface area contributed by atoms with Gasteiger partial charge in [-0.25, -0.2) is 0 Å². The molecule has 0 saturated heterocycles. The molecule has 0 aliphatic heterocycles. The Labute approximate surface area is 103 Å². The second-order valence-corrected chi connectivity index (χ2v) is 3.83. The van der Waals surface area contributed by atoms with Gasteiger partial charge in [0.2, 0.25) is 0 Å². The third-order valence-corrected chi connectivity index (χ3v) is 2.57. The van der Waals surface area contributed by atoms with Gasteiger partial charge in [-0.3, -0.25) is 9.59 Å². The van der Waals surface area contributed by atoms with Crippen LogP contribution in [-0.2, 0) is 11.2 Å². The Hall–Kier alpha value is -2.56. The lowest BCUT2D eigenvalue weighted by molar-refractivity contribution is -0.136. The van der Waals surface area contributed by atoms with Crippen LogP contribution >= 0.6 is 0 Å². The molecule has 2 rings (SSSR count). The summed E-state index contributed by atoms with van der Waals surface area (Å²) in [6, 6.07) is 9.78. The highest BCUT2D eigenvalue weighted by Crippen LogP contribution is 2.22. The summed E-state index contributed by atoms with van der Waals surface area (Å²) < 4.78 is 0.476. The third-order valence-electron chi connectivity index (χ3n) is 2.57. The summed E-state index contributed by atoms with van der Waals surface area (Å²) >= 11 is 0. The van der Waals surface area contributed by atoms with Crippen LogP contribution in [0.5, 0.6) is 0 Å². The Morgan fingerprint density at radius 2 is 1.94 bits per heavy atom. The Bertz CT molecular complexity index is 645. The molecule has 0 spiro atoms. The zero-order valence-corrected chi connectivity index (χ0v) is 9.41. The van der Waals surface area contributed by atoms with Crippen LogP contribution in [-0.4, -0.2) is 21.0 Å².